The Morgan fingerprint density at radius 3 is 0.625 bits per heavy atom. The van der Waals surface area contributed by atoms with E-state index in [2.05, 4.69) is 335 Å². The molecule has 0 amide bonds. The van der Waals surface area contributed by atoms with E-state index >= 15 is 0 Å². The van der Waals surface area contributed by atoms with Crippen LogP contribution in [-0.2, 0) is 0 Å². The molecule has 0 fully saturated rings. The molecule has 1 unspecified atom stereocenters. The SMILES string of the molecule is OC(Br)(C(Br)(Br)Br)C(Br)(Br)C(Br)(Br)C(Br)(Br)C(Br)(Br)C(Br)(Br)C(Br)(Br)C(Br)(Br)C(Br)(Br)Br. The van der Waals surface area contributed by atoms with Gasteiger partial charge in [0.1, 0.15) is 22.6 Å². The standard InChI is InChI=1S/C10HBr21O/c11-1(12,3(15,16)5(19,20)7(23,24)9(26,27)28)2(13,14)4(17,18)6(21,22)8(25,32)10(29,30)31/h32H. The molecule has 1 N–H and O–H groups in total. The minimum absolute atomic E-state index is 0.844. The smallest absolute Gasteiger partial charge is 0.181 e. The fraction of sp³-hybridized carbons (Fsp3) is 1.00. The largest absolute Gasteiger partial charge is 0.373 e. The summed E-state index contributed by atoms with van der Waals surface area (Å²) in [5.41, 5.74) is 0. The van der Waals surface area contributed by atoms with Gasteiger partial charge in [-0.1, -0.05) is 319 Å². The first-order valence-corrected chi connectivity index (χ1v) is 23.1. The zero-order chi connectivity index (χ0) is 27.0. The molecule has 0 aliphatic carbocycles. The summed E-state index contributed by atoms with van der Waals surface area (Å²) in [5.74, 6) is 0. The number of hydrogen-bond acceptors (Lipinski definition) is 1. The molecule has 0 saturated heterocycles. The number of alkyl halides is 21. The minimum Gasteiger partial charge on any atom is -0.373 e. The lowest BCUT2D eigenvalue weighted by Crippen LogP contribution is -2.71. The number of rotatable bonds is 7. The van der Waals surface area contributed by atoms with Crippen LogP contribution in [0.15, 0.2) is 0 Å². The van der Waals surface area contributed by atoms with E-state index in [1.807, 2.05) is 0 Å². The number of hydrogen-bond donors (Lipinski definition) is 1. The maximum Gasteiger partial charge on any atom is 0.181 e. The van der Waals surface area contributed by atoms with E-state index in [1.54, 1.807) is 0 Å². The Kier molecular flexibility index (Phi) is 17.6. The van der Waals surface area contributed by atoms with Gasteiger partial charge in [0.05, 0.1) is 0 Å². The molecule has 0 aliphatic rings. The lowest BCUT2D eigenvalue weighted by atomic mass is 10.1. The van der Waals surface area contributed by atoms with Crippen LogP contribution < -0.4 is 0 Å². The third-order valence-corrected chi connectivity index (χ3v) is 43.4. The Labute approximate surface area is 362 Å². The second kappa shape index (κ2) is 13.4. The van der Waals surface area contributed by atoms with Crippen LogP contribution in [0, 0.1) is 0 Å². The summed E-state index contributed by atoms with van der Waals surface area (Å²) in [6.45, 7) is 0. The minimum atomic E-state index is -1.73. The Balaban J connectivity index is 7.00. The molecule has 0 aromatic heterocycles. The molecule has 0 rings (SSSR count). The molecule has 0 aliphatic heterocycles. The molecule has 0 heterocycles. The summed E-state index contributed by atoms with van der Waals surface area (Å²) in [6.07, 6.45) is 0. The van der Waals surface area contributed by atoms with Crippen molar-refractivity contribution in [3.05, 3.63) is 0 Å². The molecule has 1 atom stereocenters. The maximum atomic E-state index is 11.4. The van der Waals surface area contributed by atoms with Crippen LogP contribution in [0.3, 0.4) is 0 Å². The van der Waals surface area contributed by atoms with Gasteiger partial charge < -0.3 is 5.11 Å². The number of aliphatic hydroxyl groups is 1. The van der Waals surface area contributed by atoms with Gasteiger partial charge >= 0.3 is 0 Å². The highest BCUT2D eigenvalue weighted by Crippen LogP contribution is 2.79. The lowest BCUT2D eigenvalue weighted by molar-refractivity contribution is 0.146. The average Bonchev–Trinajstić information content (AvgIpc) is 2.51. The Hall–Kier alpha value is 10.0. The summed E-state index contributed by atoms with van der Waals surface area (Å²) in [7, 11) is 0. The first-order chi connectivity index (χ1) is 13.2. The van der Waals surface area contributed by atoms with Gasteiger partial charge in [0, 0.05) is 0 Å². The highest BCUT2D eigenvalue weighted by molar-refractivity contribution is 9.42. The van der Waals surface area contributed by atoms with E-state index in [-0.39, 0.29) is 0 Å². The molecule has 0 radical (unpaired) electrons. The summed E-state index contributed by atoms with van der Waals surface area (Å²) in [6, 6.07) is 0. The predicted octanol–water partition coefficient (Wildman–Crippen LogP) is 15.1. The molecule has 22 heteroatoms. The van der Waals surface area contributed by atoms with Gasteiger partial charge in [-0.3, -0.25) is 0 Å². The molecule has 0 saturated carbocycles. The van der Waals surface area contributed by atoms with Gasteiger partial charge in [0.25, 0.3) is 0 Å². The van der Waals surface area contributed by atoms with E-state index in [9.17, 15) is 5.11 Å². The first-order valence-electron chi connectivity index (χ1n) is 6.44. The molecule has 0 bridgehead atoms. The van der Waals surface area contributed by atoms with Crippen molar-refractivity contribution in [2.75, 3.05) is 0 Å². The highest BCUT2D eigenvalue weighted by Gasteiger charge is 2.79. The van der Waals surface area contributed by atoms with Crippen molar-refractivity contribution in [2.24, 2.45) is 0 Å². The summed E-state index contributed by atoms with van der Waals surface area (Å²) in [4.78, 5) is 0. The van der Waals surface area contributed by atoms with Crippen LogP contribution in [0.2, 0.25) is 0 Å². The second-order valence-corrected chi connectivity index (χ2v) is 44.4. The van der Waals surface area contributed by atoms with E-state index in [1.165, 1.54) is 0 Å². The second-order valence-electron chi connectivity index (χ2n) is 5.64. The van der Waals surface area contributed by atoms with Crippen LogP contribution in [-0.4, -0.2) is 36.5 Å². The Morgan fingerprint density at radius 2 is 0.438 bits per heavy atom. The quantitative estimate of drug-likeness (QED) is 0.252. The highest BCUT2D eigenvalue weighted by atomic mass is 80.0. The van der Waals surface area contributed by atoms with Crippen LogP contribution in [0.25, 0.3) is 0 Å². The predicted molar refractivity (Wildman–Crippen MR) is 217 cm³/mol. The molecular weight excluding hydrogens is 1810 g/mol. The lowest BCUT2D eigenvalue weighted by Gasteiger charge is -2.59. The normalized spacial score (nSPS) is 18.6. The van der Waals surface area contributed by atoms with E-state index in [0.717, 1.165) is 0 Å². The van der Waals surface area contributed by atoms with Gasteiger partial charge in [-0.25, -0.2) is 0 Å². The Morgan fingerprint density at radius 1 is 0.250 bits per heavy atom. The van der Waals surface area contributed by atoms with Gasteiger partial charge in [0.15, 0.2) is 8.80 Å². The molecule has 32 heavy (non-hydrogen) atoms. The van der Waals surface area contributed by atoms with Crippen LogP contribution in [0.1, 0.15) is 0 Å². The van der Waals surface area contributed by atoms with E-state index in [4.69, 9.17) is 0 Å². The molecule has 0 aromatic carbocycles. The zero-order valence-electron chi connectivity index (χ0n) is 13.4. The third kappa shape index (κ3) is 7.36. The fourth-order valence-electron chi connectivity index (χ4n) is 1.55. The average molecular weight is 1820 g/mol. The van der Waals surface area contributed by atoms with Crippen molar-refractivity contribution in [3.63, 3.8) is 0 Å². The van der Waals surface area contributed by atoms with Gasteiger partial charge in [0.2, 0.25) is 0 Å². The topological polar surface area (TPSA) is 20.2 Å². The first kappa shape index (κ1) is 42.0. The molecule has 1 nitrogen and oxygen atoms in total. The number of halogens is 21. The molecule has 194 valence electrons. The molecule has 0 aromatic rings. The van der Waals surface area contributed by atoms with Crippen LogP contribution in [0.5, 0.6) is 0 Å². The van der Waals surface area contributed by atoms with Gasteiger partial charge in [-0.05, 0) is 15.9 Å². The maximum absolute atomic E-state index is 11.4. The van der Waals surface area contributed by atoms with Crippen LogP contribution >= 0.6 is 335 Å². The third-order valence-electron chi connectivity index (χ3n) is 3.51. The monoisotopic (exact) mass is 1790 g/mol. The van der Waals surface area contributed by atoms with Gasteiger partial charge in [-0.15, -0.1) is 0 Å². The van der Waals surface area contributed by atoms with Crippen molar-refractivity contribution in [3.8, 4) is 0 Å². The van der Waals surface area contributed by atoms with Crippen LogP contribution in [0.4, 0.5) is 0 Å². The fourth-order valence-corrected chi connectivity index (χ4v) is 20.4. The van der Waals surface area contributed by atoms with E-state index < -0.39 is 31.4 Å². The van der Waals surface area contributed by atoms with Crippen molar-refractivity contribution in [1.29, 1.82) is 0 Å². The summed E-state index contributed by atoms with van der Waals surface area (Å²) in [5, 5.41) is 11.4. The summed E-state index contributed by atoms with van der Waals surface area (Å²) >= 11 is 76.7. The van der Waals surface area contributed by atoms with E-state index in [0.29, 0.717) is 0 Å². The molecule has 0 spiro atoms. The van der Waals surface area contributed by atoms with Crippen molar-refractivity contribution < 1.29 is 5.11 Å². The zero-order valence-corrected chi connectivity index (χ0v) is 46.7. The van der Waals surface area contributed by atoms with Gasteiger partial charge in [-0.2, -0.15) is 0 Å². The van der Waals surface area contributed by atoms with Crippen molar-refractivity contribution in [1.82, 2.24) is 0 Å². The summed E-state index contributed by atoms with van der Waals surface area (Å²) < 4.78 is -11.9. The Bertz CT molecular complexity index is 632. The van der Waals surface area contributed by atoms with Crippen molar-refractivity contribution >= 4 is 335 Å². The molecular formula is C10HBr21O. The van der Waals surface area contributed by atoms with Crippen molar-refractivity contribution in [2.45, 2.75) is 31.4 Å².